The summed E-state index contributed by atoms with van der Waals surface area (Å²) in [5.74, 6) is 0. The highest BCUT2D eigenvalue weighted by Gasteiger charge is 2.11. The van der Waals surface area contributed by atoms with E-state index >= 15 is 0 Å². The van der Waals surface area contributed by atoms with Gasteiger partial charge in [-0.15, -0.1) is 0 Å². The lowest BCUT2D eigenvalue weighted by Crippen LogP contribution is -2.03. The summed E-state index contributed by atoms with van der Waals surface area (Å²) in [6.45, 7) is 2.06. The molecule has 0 atom stereocenters. The van der Waals surface area contributed by atoms with Crippen molar-refractivity contribution in [3.63, 3.8) is 0 Å². The average molecular weight is 209 g/mol. The minimum Gasteiger partial charge on any atom is -0.278 e. The third-order valence-corrected chi connectivity index (χ3v) is 2.60. The molecule has 78 valence electrons. The van der Waals surface area contributed by atoms with Crippen molar-refractivity contribution >= 4 is 5.69 Å². The normalized spacial score (nSPS) is 12.4. The maximum absolute atomic E-state index is 4.32. The third-order valence-electron chi connectivity index (χ3n) is 2.60. The van der Waals surface area contributed by atoms with Gasteiger partial charge in [0, 0.05) is 0 Å². The molecule has 0 aromatic heterocycles. The molecule has 3 nitrogen and oxygen atoms in total. The molecular formula is C13H11N3. The van der Waals surface area contributed by atoms with Crippen LogP contribution in [0.25, 0.3) is 11.4 Å². The standard InChI is InChI=1S/C13H11N3/c1-9-4-2-3-5-11(9)16-15-10-6-7-12-13(8-10)14-12/h2-8,16H,1H3. The first-order valence-corrected chi connectivity index (χ1v) is 5.21. The van der Waals surface area contributed by atoms with E-state index in [4.69, 9.17) is 0 Å². The Labute approximate surface area is 93.5 Å². The molecule has 0 fully saturated rings. The fourth-order valence-corrected chi connectivity index (χ4v) is 1.58. The SMILES string of the molecule is Cc1ccccc1NN=c1ccc2nc-2c1. The third kappa shape index (κ3) is 1.67. The number of rotatable bonds is 2. The van der Waals surface area contributed by atoms with Gasteiger partial charge in [-0.1, -0.05) is 18.2 Å². The number of para-hydroxylation sites is 1. The van der Waals surface area contributed by atoms with Crippen LogP contribution in [-0.4, -0.2) is 4.98 Å². The number of anilines is 1. The highest BCUT2D eigenvalue weighted by Crippen LogP contribution is 2.22. The van der Waals surface area contributed by atoms with Crippen molar-refractivity contribution in [1.29, 1.82) is 0 Å². The summed E-state index contributed by atoms with van der Waals surface area (Å²) in [4.78, 5) is 4.16. The molecule has 1 heterocycles. The molecular weight excluding hydrogens is 198 g/mol. The van der Waals surface area contributed by atoms with Crippen molar-refractivity contribution in [3.05, 3.63) is 53.4 Å². The fraction of sp³-hybridized carbons (Fsp3) is 0.0769. The molecule has 0 saturated heterocycles. The predicted molar refractivity (Wildman–Crippen MR) is 63.6 cm³/mol. The molecule has 3 rings (SSSR count). The van der Waals surface area contributed by atoms with Gasteiger partial charge in [-0.05, 0) is 36.8 Å². The second kappa shape index (κ2) is 3.45. The summed E-state index contributed by atoms with van der Waals surface area (Å²) in [7, 11) is 0. The van der Waals surface area contributed by atoms with E-state index in [1.165, 1.54) is 5.56 Å². The molecule has 1 aromatic rings. The van der Waals surface area contributed by atoms with E-state index < -0.39 is 0 Å². The van der Waals surface area contributed by atoms with E-state index in [1.807, 2.05) is 36.4 Å². The van der Waals surface area contributed by atoms with Gasteiger partial charge in [-0.25, -0.2) is 4.98 Å². The Morgan fingerprint density at radius 2 is 1.94 bits per heavy atom. The van der Waals surface area contributed by atoms with Crippen molar-refractivity contribution < 1.29 is 0 Å². The fourth-order valence-electron chi connectivity index (χ4n) is 1.58. The Morgan fingerprint density at radius 1 is 1.06 bits per heavy atom. The summed E-state index contributed by atoms with van der Waals surface area (Å²) >= 11 is 0. The van der Waals surface area contributed by atoms with E-state index in [1.54, 1.807) is 0 Å². The number of benzene rings is 2. The molecule has 0 amide bonds. The number of hydrogen-bond acceptors (Lipinski definition) is 3. The zero-order chi connectivity index (χ0) is 11.0. The van der Waals surface area contributed by atoms with Gasteiger partial charge in [-0.3, -0.25) is 5.43 Å². The van der Waals surface area contributed by atoms with E-state index in [-0.39, 0.29) is 0 Å². The van der Waals surface area contributed by atoms with Gasteiger partial charge < -0.3 is 0 Å². The van der Waals surface area contributed by atoms with E-state index in [0.717, 1.165) is 22.4 Å². The Kier molecular flexibility index (Phi) is 1.96. The molecule has 0 bridgehead atoms. The Balaban J connectivity index is 1.89. The number of hydrogen-bond donors (Lipinski definition) is 1. The minimum atomic E-state index is 0.906. The lowest BCUT2D eigenvalue weighted by molar-refractivity contribution is 1.21. The monoisotopic (exact) mass is 209 g/mol. The van der Waals surface area contributed by atoms with Crippen LogP contribution >= 0.6 is 0 Å². The van der Waals surface area contributed by atoms with Crippen LogP contribution in [-0.2, 0) is 0 Å². The smallest absolute Gasteiger partial charge is 0.0916 e. The summed E-state index contributed by atoms with van der Waals surface area (Å²) < 4.78 is 0. The molecule has 2 aliphatic rings. The number of aryl methyl sites for hydroxylation is 1. The van der Waals surface area contributed by atoms with Crippen LogP contribution in [0.3, 0.4) is 0 Å². The predicted octanol–water partition coefficient (Wildman–Crippen LogP) is 2.30. The van der Waals surface area contributed by atoms with Crippen molar-refractivity contribution in [3.8, 4) is 11.4 Å². The van der Waals surface area contributed by atoms with Gasteiger partial charge in [0.15, 0.2) is 0 Å². The quantitative estimate of drug-likeness (QED) is 0.657. The summed E-state index contributed by atoms with van der Waals surface area (Å²) in [5.41, 5.74) is 7.41. The number of aromatic nitrogens is 1. The molecule has 1 aromatic carbocycles. The van der Waals surface area contributed by atoms with Crippen LogP contribution in [0.15, 0.2) is 47.6 Å². The zero-order valence-corrected chi connectivity index (χ0v) is 8.94. The maximum atomic E-state index is 4.32. The van der Waals surface area contributed by atoms with Crippen molar-refractivity contribution in [1.82, 2.24) is 4.98 Å². The van der Waals surface area contributed by atoms with E-state index in [0.29, 0.717) is 0 Å². The van der Waals surface area contributed by atoms with Gasteiger partial charge >= 0.3 is 0 Å². The molecule has 3 heteroatoms. The van der Waals surface area contributed by atoms with Gasteiger partial charge in [0.2, 0.25) is 0 Å². The molecule has 0 unspecified atom stereocenters. The maximum Gasteiger partial charge on any atom is 0.0916 e. The van der Waals surface area contributed by atoms with Crippen LogP contribution in [0.4, 0.5) is 5.69 Å². The topological polar surface area (TPSA) is 37.3 Å². The summed E-state index contributed by atoms with van der Waals surface area (Å²) in [5, 5.41) is 5.23. The zero-order valence-electron chi connectivity index (χ0n) is 8.94. The van der Waals surface area contributed by atoms with Crippen molar-refractivity contribution in [2.24, 2.45) is 5.10 Å². The first-order chi connectivity index (χ1) is 7.83. The molecule has 0 radical (unpaired) electrons. The molecule has 16 heavy (non-hydrogen) atoms. The number of nitrogens with one attached hydrogen (secondary N) is 1. The first kappa shape index (κ1) is 9.09. The molecule has 0 spiro atoms. The van der Waals surface area contributed by atoms with Gasteiger partial charge in [0.05, 0.1) is 22.4 Å². The largest absolute Gasteiger partial charge is 0.278 e. The van der Waals surface area contributed by atoms with Gasteiger partial charge in [0.1, 0.15) is 0 Å². The van der Waals surface area contributed by atoms with Crippen molar-refractivity contribution in [2.45, 2.75) is 6.92 Å². The van der Waals surface area contributed by atoms with Crippen LogP contribution in [0.1, 0.15) is 5.56 Å². The lowest BCUT2D eigenvalue weighted by atomic mass is 10.2. The van der Waals surface area contributed by atoms with E-state index in [9.17, 15) is 0 Å². The van der Waals surface area contributed by atoms with E-state index in [2.05, 4.69) is 28.5 Å². The van der Waals surface area contributed by atoms with Crippen LogP contribution in [0, 0.1) is 6.92 Å². The Hall–Kier alpha value is -2.16. The Morgan fingerprint density at radius 3 is 2.75 bits per heavy atom. The first-order valence-electron chi connectivity index (χ1n) is 5.21. The second-order valence-electron chi connectivity index (χ2n) is 3.82. The molecule has 1 aliphatic carbocycles. The van der Waals surface area contributed by atoms with Crippen molar-refractivity contribution in [2.75, 3.05) is 5.43 Å². The van der Waals surface area contributed by atoms with Crippen LogP contribution in [0.2, 0.25) is 0 Å². The van der Waals surface area contributed by atoms with Gasteiger partial charge in [0.25, 0.3) is 0 Å². The summed E-state index contributed by atoms with van der Waals surface area (Å²) in [6.07, 6.45) is 0. The second-order valence-corrected chi connectivity index (χ2v) is 3.82. The summed E-state index contributed by atoms with van der Waals surface area (Å²) in [6, 6.07) is 14.0. The minimum absolute atomic E-state index is 0.906. The molecule has 1 N–H and O–H groups in total. The van der Waals surface area contributed by atoms with Gasteiger partial charge in [-0.2, -0.15) is 5.10 Å². The van der Waals surface area contributed by atoms with Crippen LogP contribution in [0.5, 0.6) is 0 Å². The highest BCUT2D eigenvalue weighted by atomic mass is 15.3. The van der Waals surface area contributed by atoms with Crippen LogP contribution < -0.4 is 10.8 Å². The lowest BCUT2D eigenvalue weighted by Gasteiger charge is -2.02. The molecule has 1 aliphatic heterocycles. The average Bonchev–Trinajstić information content (AvgIpc) is 3.06. The number of nitrogens with zero attached hydrogens (tertiary/aromatic N) is 2. The molecule has 0 saturated carbocycles. The highest BCUT2D eigenvalue weighted by molar-refractivity contribution is 5.65. The Bertz CT molecular complexity index is 618. The number of fused-ring (bicyclic) bond motifs is 1.